The van der Waals surface area contributed by atoms with Crippen molar-refractivity contribution in [1.29, 1.82) is 0 Å². The van der Waals surface area contributed by atoms with Gasteiger partial charge in [0.05, 0.1) is 19.9 Å². The van der Waals surface area contributed by atoms with E-state index in [1.165, 1.54) is 7.11 Å². The lowest BCUT2D eigenvalue weighted by Crippen LogP contribution is -2.54. The minimum absolute atomic E-state index is 0.268. The summed E-state index contributed by atoms with van der Waals surface area (Å²) < 4.78 is 10.5. The van der Waals surface area contributed by atoms with Crippen LogP contribution in [0.5, 0.6) is 11.5 Å². The van der Waals surface area contributed by atoms with E-state index >= 15 is 0 Å². The molecular weight excluding hydrogens is 420 g/mol. The number of carbonyl (C=O) groups excluding carboxylic acids is 2. The average Bonchev–Trinajstić information content (AvgIpc) is 2.79. The van der Waals surface area contributed by atoms with Gasteiger partial charge in [-0.1, -0.05) is 17.7 Å². The zero-order chi connectivity index (χ0) is 22.4. The van der Waals surface area contributed by atoms with Crippen molar-refractivity contribution in [3.8, 4) is 11.5 Å². The summed E-state index contributed by atoms with van der Waals surface area (Å²) in [5.41, 5.74) is 1.54. The van der Waals surface area contributed by atoms with Gasteiger partial charge >= 0.3 is 6.03 Å². The molecule has 1 aliphatic heterocycles. The highest BCUT2D eigenvalue weighted by Crippen LogP contribution is 2.29. The number of methoxy groups -OCH3 is 2. The summed E-state index contributed by atoms with van der Waals surface area (Å²) in [7, 11) is 3.07. The van der Waals surface area contributed by atoms with Crippen LogP contribution in [0.1, 0.15) is 6.92 Å². The number of benzene rings is 2. The molecule has 2 aromatic carbocycles. The van der Waals surface area contributed by atoms with Crippen molar-refractivity contribution in [3.05, 3.63) is 47.5 Å². The van der Waals surface area contributed by atoms with Crippen LogP contribution in [0.2, 0.25) is 5.02 Å². The number of rotatable bonds is 6. The van der Waals surface area contributed by atoms with Gasteiger partial charge in [-0.3, -0.25) is 4.79 Å². The van der Waals surface area contributed by atoms with Crippen molar-refractivity contribution in [3.63, 3.8) is 0 Å². The summed E-state index contributed by atoms with van der Waals surface area (Å²) in [5.74, 6) is 0.755. The highest BCUT2D eigenvalue weighted by molar-refractivity contribution is 6.30. The zero-order valence-corrected chi connectivity index (χ0v) is 18.6. The van der Waals surface area contributed by atoms with Gasteiger partial charge in [-0.2, -0.15) is 0 Å². The van der Waals surface area contributed by atoms with Crippen molar-refractivity contribution in [1.82, 2.24) is 10.2 Å². The van der Waals surface area contributed by atoms with Gasteiger partial charge in [-0.25, -0.2) is 4.79 Å². The lowest BCUT2D eigenvalue weighted by Gasteiger charge is -2.36. The minimum Gasteiger partial charge on any atom is -0.497 e. The van der Waals surface area contributed by atoms with E-state index in [1.54, 1.807) is 37.1 Å². The molecule has 2 N–H and O–H groups in total. The number of nitrogens with zero attached hydrogens (tertiary/aromatic N) is 2. The molecule has 8 nitrogen and oxygen atoms in total. The van der Waals surface area contributed by atoms with Crippen LogP contribution in [-0.4, -0.2) is 63.3 Å². The number of urea groups is 1. The van der Waals surface area contributed by atoms with E-state index in [-0.39, 0.29) is 11.9 Å². The smallest absolute Gasteiger partial charge is 0.318 e. The summed E-state index contributed by atoms with van der Waals surface area (Å²) in [6, 6.07) is 11.8. The van der Waals surface area contributed by atoms with Crippen LogP contribution >= 0.6 is 11.6 Å². The second kappa shape index (κ2) is 10.3. The van der Waals surface area contributed by atoms with Gasteiger partial charge in [-0.05, 0) is 37.3 Å². The number of carbonyl (C=O) groups is 2. The third-order valence-electron chi connectivity index (χ3n) is 5.14. The maximum atomic E-state index is 12.6. The summed E-state index contributed by atoms with van der Waals surface area (Å²) in [6.07, 6.45) is 0. The maximum Gasteiger partial charge on any atom is 0.318 e. The van der Waals surface area contributed by atoms with Crippen molar-refractivity contribution >= 4 is 34.9 Å². The molecule has 0 radical (unpaired) electrons. The Bertz CT molecular complexity index is 931. The number of hydrogen-bond donors (Lipinski definition) is 2. The predicted octanol–water partition coefficient (Wildman–Crippen LogP) is 3.22. The number of piperazine rings is 1. The van der Waals surface area contributed by atoms with Crippen LogP contribution in [0.4, 0.5) is 16.2 Å². The predicted molar refractivity (Wildman–Crippen MR) is 121 cm³/mol. The maximum absolute atomic E-state index is 12.6. The lowest BCUT2D eigenvalue weighted by molar-refractivity contribution is -0.117. The molecule has 0 aromatic heterocycles. The molecule has 166 valence electrons. The normalized spacial score (nSPS) is 14.6. The molecule has 1 aliphatic rings. The molecule has 9 heteroatoms. The summed E-state index contributed by atoms with van der Waals surface area (Å²) >= 11 is 6.07. The van der Waals surface area contributed by atoms with E-state index in [0.717, 1.165) is 5.69 Å². The molecular formula is C22H27ClN4O4. The van der Waals surface area contributed by atoms with E-state index in [0.29, 0.717) is 48.4 Å². The first-order valence-electron chi connectivity index (χ1n) is 10.00. The second-order valence-corrected chi connectivity index (χ2v) is 7.62. The fourth-order valence-electron chi connectivity index (χ4n) is 3.33. The molecule has 1 heterocycles. The van der Waals surface area contributed by atoms with Gasteiger partial charge in [0.15, 0.2) is 0 Å². The Labute approximate surface area is 187 Å². The molecule has 0 spiro atoms. The molecule has 0 saturated carbocycles. The fraction of sp³-hybridized carbons (Fsp3) is 0.364. The second-order valence-electron chi connectivity index (χ2n) is 7.18. The van der Waals surface area contributed by atoms with Crippen molar-refractivity contribution in [2.75, 3.05) is 50.6 Å². The van der Waals surface area contributed by atoms with Crippen LogP contribution in [0.15, 0.2) is 42.5 Å². The highest BCUT2D eigenvalue weighted by Gasteiger charge is 2.24. The Morgan fingerprint density at radius 1 is 1.03 bits per heavy atom. The zero-order valence-electron chi connectivity index (χ0n) is 17.9. The molecule has 2 aromatic rings. The summed E-state index contributed by atoms with van der Waals surface area (Å²) in [5, 5.41) is 6.23. The fourth-order valence-corrected chi connectivity index (χ4v) is 3.51. The van der Waals surface area contributed by atoms with Crippen LogP contribution in [0, 0.1) is 0 Å². The third kappa shape index (κ3) is 5.73. The molecule has 31 heavy (non-hydrogen) atoms. The van der Waals surface area contributed by atoms with Gasteiger partial charge in [0.2, 0.25) is 5.91 Å². The Balaban J connectivity index is 1.52. The van der Waals surface area contributed by atoms with E-state index in [4.69, 9.17) is 21.1 Å². The molecule has 3 amide bonds. The van der Waals surface area contributed by atoms with E-state index in [9.17, 15) is 9.59 Å². The van der Waals surface area contributed by atoms with E-state index in [1.807, 2.05) is 24.3 Å². The average molecular weight is 447 g/mol. The molecule has 0 unspecified atom stereocenters. The number of halogens is 1. The van der Waals surface area contributed by atoms with Crippen LogP contribution in [0.25, 0.3) is 0 Å². The minimum atomic E-state index is -0.717. The van der Waals surface area contributed by atoms with Crippen molar-refractivity contribution < 1.29 is 19.1 Å². The Morgan fingerprint density at radius 3 is 2.42 bits per heavy atom. The van der Waals surface area contributed by atoms with Gasteiger partial charge in [0.1, 0.15) is 17.5 Å². The van der Waals surface area contributed by atoms with Gasteiger partial charge in [0.25, 0.3) is 0 Å². The SMILES string of the molecule is COc1ccc(NC(=O)[C@H](C)NC(=O)N2CCN(c3cccc(Cl)c3)CC2)c(OC)c1. The molecule has 3 rings (SSSR count). The van der Waals surface area contributed by atoms with Gasteiger partial charge in [-0.15, -0.1) is 0 Å². The Hall–Kier alpha value is -3.13. The number of nitrogens with one attached hydrogen (secondary N) is 2. The molecule has 0 bridgehead atoms. The molecule has 1 fully saturated rings. The standard InChI is InChI=1S/C22H27ClN4O4/c1-15(21(28)25-19-8-7-18(30-2)14-20(19)31-3)24-22(29)27-11-9-26(10-12-27)17-6-4-5-16(23)13-17/h4-8,13-15H,9-12H2,1-3H3,(H,24,29)(H,25,28)/t15-/m0/s1. The third-order valence-corrected chi connectivity index (χ3v) is 5.38. The Morgan fingerprint density at radius 2 is 1.77 bits per heavy atom. The lowest BCUT2D eigenvalue weighted by atomic mass is 10.2. The summed E-state index contributed by atoms with van der Waals surface area (Å²) in [6.45, 7) is 4.14. The molecule has 1 atom stereocenters. The Kier molecular flexibility index (Phi) is 7.46. The van der Waals surface area contributed by atoms with Crippen molar-refractivity contribution in [2.45, 2.75) is 13.0 Å². The van der Waals surface area contributed by atoms with Gasteiger partial charge < -0.3 is 29.9 Å². The first kappa shape index (κ1) is 22.6. The monoisotopic (exact) mass is 446 g/mol. The van der Waals surface area contributed by atoms with Crippen LogP contribution in [0.3, 0.4) is 0 Å². The highest BCUT2D eigenvalue weighted by atomic mass is 35.5. The first-order chi connectivity index (χ1) is 14.9. The van der Waals surface area contributed by atoms with Gasteiger partial charge in [0, 0.05) is 43.0 Å². The number of anilines is 2. The largest absolute Gasteiger partial charge is 0.497 e. The number of ether oxygens (including phenoxy) is 2. The quantitative estimate of drug-likeness (QED) is 0.711. The number of hydrogen-bond acceptors (Lipinski definition) is 5. The van der Waals surface area contributed by atoms with E-state index < -0.39 is 6.04 Å². The van der Waals surface area contributed by atoms with Crippen molar-refractivity contribution in [2.24, 2.45) is 0 Å². The topological polar surface area (TPSA) is 83.1 Å². The van der Waals surface area contributed by atoms with Crippen LogP contribution in [-0.2, 0) is 4.79 Å². The van der Waals surface area contributed by atoms with E-state index in [2.05, 4.69) is 15.5 Å². The molecule has 0 aliphatic carbocycles. The number of amides is 3. The summed E-state index contributed by atoms with van der Waals surface area (Å²) in [4.78, 5) is 29.1. The van der Waals surface area contributed by atoms with Crippen LogP contribution < -0.4 is 25.0 Å². The first-order valence-corrected chi connectivity index (χ1v) is 10.4. The molecule has 1 saturated heterocycles.